The van der Waals surface area contributed by atoms with E-state index < -0.39 is 0 Å². The van der Waals surface area contributed by atoms with Gasteiger partial charge in [-0.3, -0.25) is 0 Å². The van der Waals surface area contributed by atoms with Crippen molar-refractivity contribution in [1.82, 2.24) is 5.32 Å². The lowest BCUT2D eigenvalue weighted by atomic mass is 9.99. The van der Waals surface area contributed by atoms with Crippen LogP contribution in [0.25, 0.3) is 0 Å². The van der Waals surface area contributed by atoms with Gasteiger partial charge in [-0.05, 0) is 12.3 Å². The molecule has 12 heavy (non-hydrogen) atoms. The molecule has 1 saturated carbocycles. The third-order valence-corrected chi connectivity index (χ3v) is 3.08. The minimum absolute atomic E-state index is 0.516. The van der Waals surface area contributed by atoms with E-state index in [1.54, 1.807) is 0 Å². The van der Waals surface area contributed by atoms with Gasteiger partial charge in [-0.2, -0.15) is 0 Å². The number of hydrogen-bond acceptors (Lipinski definition) is 2. The monoisotopic (exact) mass is 169 g/mol. The van der Waals surface area contributed by atoms with Crippen molar-refractivity contribution in [2.75, 3.05) is 19.7 Å². The molecule has 2 fully saturated rings. The Hall–Kier alpha value is -0.0800. The summed E-state index contributed by atoms with van der Waals surface area (Å²) in [6.45, 7) is 3.04. The van der Waals surface area contributed by atoms with E-state index in [1.807, 2.05) is 0 Å². The van der Waals surface area contributed by atoms with Crippen molar-refractivity contribution in [2.45, 2.75) is 38.2 Å². The van der Waals surface area contributed by atoms with E-state index in [2.05, 4.69) is 5.32 Å². The van der Waals surface area contributed by atoms with E-state index in [0.29, 0.717) is 6.10 Å². The molecule has 1 N–H and O–H groups in total. The van der Waals surface area contributed by atoms with Crippen molar-refractivity contribution in [2.24, 2.45) is 5.92 Å². The maximum atomic E-state index is 5.68. The number of hydrogen-bond donors (Lipinski definition) is 1. The summed E-state index contributed by atoms with van der Waals surface area (Å²) < 4.78 is 5.68. The summed E-state index contributed by atoms with van der Waals surface area (Å²) in [5, 5.41) is 3.38. The molecular weight excluding hydrogens is 150 g/mol. The summed E-state index contributed by atoms with van der Waals surface area (Å²) in [4.78, 5) is 0. The smallest absolute Gasteiger partial charge is 0.0702 e. The Morgan fingerprint density at radius 1 is 1.25 bits per heavy atom. The third-order valence-electron chi connectivity index (χ3n) is 3.08. The summed E-state index contributed by atoms with van der Waals surface area (Å²) in [6.07, 6.45) is 7.60. The summed E-state index contributed by atoms with van der Waals surface area (Å²) >= 11 is 0. The molecule has 1 saturated heterocycles. The minimum atomic E-state index is 0.516. The lowest BCUT2D eigenvalue weighted by molar-refractivity contribution is 0.0140. The lowest BCUT2D eigenvalue weighted by Crippen LogP contribution is -2.39. The zero-order valence-corrected chi connectivity index (χ0v) is 7.72. The van der Waals surface area contributed by atoms with E-state index >= 15 is 0 Å². The van der Waals surface area contributed by atoms with Crippen LogP contribution in [0.5, 0.6) is 0 Å². The Bertz CT molecular complexity index is 126. The molecule has 0 radical (unpaired) electrons. The molecule has 0 spiro atoms. The first-order chi connectivity index (χ1) is 5.95. The molecule has 1 unspecified atom stereocenters. The van der Waals surface area contributed by atoms with Gasteiger partial charge in [0.25, 0.3) is 0 Å². The standard InChI is InChI=1S/C10H19NO/c1-2-4-9(3-1)7-10-8-11-5-6-12-10/h9-11H,1-8H2. The lowest BCUT2D eigenvalue weighted by Gasteiger charge is -2.25. The van der Waals surface area contributed by atoms with Gasteiger partial charge in [-0.1, -0.05) is 25.7 Å². The van der Waals surface area contributed by atoms with Crippen LogP contribution >= 0.6 is 0 Å². The molecule has 0 aromatic carbocycles. The predicted molar refractivity (Wildman–Crippen MR) is 49.2 cm³/mol. The first-order valence-corrected chi connectivity index (χ1v) is 5.27. The topological polar surface area (TPSA) is 21.3 Å². The summed E-state index contributed by atoms with van der Waals surface area (Å²) in [7, 11) is 0. The van der Waals surface area contributed by atoms with Crippen LogP contribution in [0.3, 0.4) is 0 Å². The van der Waals surface area contributed by atoms with E-state index in [0.717, 1.165) is 25.6 Å². The third kappa shape index (κ3) is 2.20. The van der Waals surface area contributed by atoms with E-state index in [1.165, 1.54) is 32.1 Å². The fourth-order valence-electron chi connectivity index (χ4n) is 2.39. The molecule has 1 aliphatic heterocycles. The molecule has 2 nitrogen and oxygen atoms in total. The molecule has 0 bridgehead atoms. The molecule has 2 aliphatic rings. The molecule has 0 aromatic heterocycles. The maximum absolute atomic E-state index is 5.68. The number of ether oxygens (including phenoxy) is 1. The molecule has 2 heteroatoms. The van der Waals surface area contributed by atoms with Crippen LogP contribution in [0.15, 0.2) is 0 Å². The zero-order valence-electron chi connectivity index (χ0n) is 7.72. The van der Waals surface area contributed by atoms with Crippen LogP contribution in [-0.2, 0) is 4.74 Å². The first kappa shape index (κ1) is 8.52. The molecule has 0 aromatic rings. The van der Waals surface area contributed by atoms with Gasteiger partial charge in [0.15, 0.2) is 0 Å². The number of nitrogens with one attached hydrogen (secondary N) is 1. The summed E-state index contributed by atoms with van der Waals surface area (Å²) in [6, 6.07) is 0. The van der Waals surface area contributed by atoms with Crippen molar-refractivity contribution < 1.29 is 4.74 Å². The fourth-order valence-corrected chi connectivity index (χ4v) is 2.39. The van der Waals surface area contributed by atoms with Gasteiger partial charge in [-0.15, -0.1) is 0 Å². The van der Waals surface area contributed by atoms with Gasteiger partial charge in [0.1, 0.15) is 0 Å². The predicted octanol–water partition coefficient (Wildman–Crippen LogP) is 1.56. The summed E-state index contributed by atoms with van der Waals surface area (Å²) in [5.74, 6) is 0.967. The summed E-state index contributed by atoms with van der Waals surface area (Å²) in [5.41, 5.74) is 0. The zero-order chi connectivity index (χ0) is 8.23. The highest BCUT2D eigenvalue weighted by molar-refractivity contribution is 4.75. The second kappa shape index (κ2) is 4.24. The Morgan fingerprint density at radius 2 is 2.08 bits per heavy atom. The van der Waals surface area contributed by atoms with Crippen molar-refractivity contribution in [3.8, 4) is 0 Å². The molecular formula is C10H19NO. The molecule has 2 rings (SSSR count). The minimum Gasteiger partial charge on any atom is -0.376 e. The largest absolute Gasteiger partial charge is 0.376 e. The number of rotatable bonds is 2. The average Bonchev–Trinajstić information content (AvgIpc) is 2.59. The van der Waals surface area contributed by atoms with E-state index in [9.17, 15) is 0 Å². The quantitative estimate of drug-likeness (QED) is 0.677. The van der Waals surface area contributed by atoms with Crippen LogP contribution in [0.4, 0.5) is 0 Å². The van der Waals surface area contributed by atoms with Crippen molar-refractivity contribution in [1.29, 1.82) is 0 Å². The molecule has 70 valence electrons. The van der Waals surface area contributed by atoms with Crippen LogP contribution in [0.1, 0.15) is 32.1 Å². The average molecular weight is 169 g/mol. The Kier molecular flexibility index (Phi) is 3.01. The van der Waals surface area contributed by atoms with Gasteiger partial charge >= 0.3 is 0 Å². The normalized spacial score (nSPS) is 32.5. The highest BCUT2D eigenvalue weighted by Gasteiger charge is 2.21. The molecule has 1 atom stereocenters. The Balaban J connectivity index is 1.69. The number of morpholine rings is 1. The van der Waals surface area contributed by atoms with Crippen LogP contribution < -0.4 is 5.32 Å². The van der Waals surface area contributed by atoms with Crippen LogP contribution in [-0.4, -0.2) is 25.8 Å². The maximum Gasteiger partial charge on any atom is 0.0702 e. The van der Waals surface area contributed by atoms with Gasteiger partial charge in [0.05, 0.1) is 12.7 Å². The highest BCUT2D eigenvalue weighted by atomic mass is 16.5. The van der Waals surface area contributed by atoms with Crippen LogP contribution in [0.2, 0.25) is 0 Å². The molecule has 1 aliphatic carbocycles. The Morgan fingerprint density at radius 3 is 2.75 bits per heavy atom. The SMILES string of the molecule is C1CCC(CC2CNCCO2)C1. The van der Waals surface area contributed by atoms with E-state index in [-0.39, 0.29) is 0 Å². The van der Waals surface area contributed by atoms with Gasteiger partial charge in [-0.25, -0.2) is 0 Å². The van der Waals surface area contributed by atoms with Gasteiger partial charge in [0, 0.05) is 13.1 Å². The highest BCUT2D eigenvalue weighted by Crippen LogP contribution is 2.29. The van der Waals surface area contributed by atoms with Crippen molar-refractivity contribution >= 4 is 0 Å². The fraction of sp³-hybridized carbons (Fsp3) is 1.00. The van der Waals surface area contributed by atoms with Crippen molar-refractivity contribution in [3.05, 3.63) is 0 Å². The second-order valence-electron chi connectivity index (χ2n) is 4.08. The molecule has 0 amide bonds. The Labute approximate surface area is 74.7 Å². The van der Waals surface area contributed by atoms with Crippen molar-refractivity contribution in [3.63, 3.8) is 0 Å². The van der Waals surface area contributed by atoms with E-state index in [4.69, 9.17) is 4.74 Å². The van der Waals surface area contributed by atoms with Gasteiger partial charge in [0.2, 0.25) is 0 Å². The van der Waals surface area contributed by atoms with Crippen LogP contribution in [0, 0.1) is 5.92 Å². The van der Waals surface area contributed by atoms with Gasteiger partial charge < -0.3 is 10.1 Å². The second-order valence-corrected chi connectivity index (χ2v) is 4.08. The first-order valence-electron chi connectivity index (χ1n) is 5.27. The molecule has 1 heterocycles.